The van der Waals surface area contributed by atoms with Crippen molar-refractivity contribution in [2.45, 2.75) is 19.6 Å². The zero-order valence-corrected chi connectivity index (χ0v) is 18.1. The van der Waals surface area contributed by atoms with Crippen LogP contribution in [0.5, 0.6) is 5.75 Å². The highest BCUT2D eigenvalue weighted by Gasteiger charge is 2.44. The fourth-order valence-corrected chi connectivity index (χ4v) is 4.21. The zero-order chi connectivity index (χ0) is 22.8. The van der Waals surface area contributed by atoms with E-state index in [9.17, 15) is 9.59 Å². The van der Waals surface area contributed by atoms with Gasteiger partial charge in [-0.25, -0.2) is 4.98 Å². The summed E-state index contributed by atoms with van der Waals surface area (Å²) in [6, 6.07) is 24.4. The summed E-state index contributed by atoms with van der Waals surface area (Å²) >= 11 is 0. The standard InChI is InChI=1S/C26H23N3O4/c1-2-32-25(31)22-23(29-21-11-7-6-10-20(21)27-26(29)28-24(22)30)18-12-14-19(15-13-18)33-16-17-8-4-3-5-9-17/h3-15,22-23H,2,16H2,1H3,(H,27,28,30)/t22-,23+/m1/s1. The number of aromatic nitrogens is 2. The number of nitrogens with one attached hydrogen (secondary N) is 1. The maximum absolute atomic E-state index is 13.0. The molecular formula is C26H23N3O4. The molecule has 0 fully saturated rings. The number of para-hydroxylation sites is 2. The van der Waals surface area contributed by atoms with E-state index in [-0.39, 0.29) is 6.61 Å². The van der Waals surface area contributed by atoms with Gasteiger partial charge in [0.2, 0.25) is 11.9 Å². The second-order valence-electron chi connectivity index (χ2n) is 7.80. The van der Waals surface area contributed by atoms with E-state index >= 15 is 0 Å². The molecule has 7 heteroatoms. The van der Waals surface area contributed by atoms with E-state index < -0.39 is 23.8 Å². The first-order chi connectivity index (χ1) is 16.2. The lowest BCUT2D eigenvalue weighted by molar-refractivity contribution is -0.152. The molecule has 0 saturated heterocycles. The molecular weight excluding hydrogens is 418 g/mol. The fraction of sp³-hybridized carbons (Fsp3) is 0.192. The minimum Gasteiger partial charge on any atom is -0.489 e. The van der Waals surface area contributed by atoms with Gasteiger partial charge in [0.25, 0.3) is 0 Å². The van der Waals surface area contributed by atoms with Crippen LogP contribution in [-0.4, -0.2) is 28.0 Å². The molecule has 33 heavy (non-hydrogen) atoms. The van der Waals surface area contributed by atoms with Gasteiger partial charge in [0.1, 0.15) is 12.4 Å². The quantitative estimate of drug-likeness (QED) is 0.356. The largest absolute Gasteiger partial charge is 0.489 e. The summed E-state index contributed by atoms with van der Waals surface area (Å²) < 4.78 is 13.1. The van der Waals surface area contributed by atoms with Crippen LogP contribution < -0.4 is 10.1 Å². The van der Waals surface area contributed by atoms with E-state index in [1.807, 2.05) is 83.4 Å². The monoisotopic (exact) mass is 441 g/mol. The molecule has 0 radical (unpaired) electrons. The summed E-state index contributed by atoms with van der Waals surface area (Å²) in [6.07, 6.45) is 0. The van der Waals surface area contributed by atoms with Gasteiger partial charge in [0.15, 0.2) is 5.92 Å². The van der Waals surface area contributed by atoms with Crippen LogP contribution in [0.15, 0.2) is 78.9 Å². The minimum atomic E-state index is -1.04. The molecule has 4 aromatic rings. The van der Waals surface area contributed by atoms with Gasteiger partial charge in [-0.05, 0) is 42.3 Å². The van der Waals surface area contributed by atoms with Crippen molar-refractivity contribution in [3.8, 4) is 5.75 Å². The molecule has 0 spiro atoms. The first-order valence-corrected chi connectivity index (χ1v) is 10.9. The van der Waals surface area contributed by atoms with Gasteiger partial charge < -0.3 is 14.0 Å². The molecule has 1 aliphatic heterocycles. The van der Waals surface area contributed by atoms with Gasteiger partial charge in [-0.15, -0.1) is 0 Å². The van der Waals surface area contributed by atoms with Crippen LogP contribution >= 0.6 is 0 Å². The zero-order valence-electron chi connectivity index (χ0n) is 18.1. The van der Waals surface area contributed by atoms with Crippen molar-refractivity contribution in [2.24, 2.45) is 5.92 Å². The smallest absolute Gasteiger partial charge is 0.321 e. The highest BCUT2D eigenvalue weighted by atomic mass is 16.5. The Morgan fingerprint density at radius 1 is 1.00 bits per heavy atom. The van der Waals surface area contributed by atoms with Gasteiger partial charge in [-0.1, -0.05) is 54.6 Å². The SMILES string of the molecule is CCOC(=O)[C@H]1C(=O)Nc2nc3ccccc3n2[C@H]1c1ccc(OCc2ccccc2)cc1. The van der Waals surface area contributed by atoms with Gasteiger partial charge in [0, 0.05) is 0 Å². The van der Waals surface area contributed by atoms with E-state index in [0.29, 0.717) is 18.3 Å². The number of ether oxygens (including phenoxy) is 2. The molecule has 1 aromatic heterocycles. The molecule has 2 atom stereocenters. The number of hydrogen-bond acceptors (Lipinski definition) is 5. The third kappa shape index (κ3) is 3.93. The Labute approximate surface area is 191 Å². The van der Waals surface area contributed by atoms with Crippen molar-refractivity contribution >= 4 is 28.9 Å². The number of nitrogens with zero attached hydrogens (tertiary/aromatic N) is 2. The second-order valence-corrected chi connectivity index (χ2v) is 7.80. The number of rotatable bonds is 6. The molecule has 3 aromatic carbocycles. The number of fused-ring (bicyclic) bond motifs is 3. The number of esters is 1. The van der Waals surface area contributed by atoms with Crippen molar-refractivity contribution < 1.29 is 19.1 Å². The van der Waals surface area contributed by atoms with Crippen LogP contribution in [0.1, 0.15) is 24.1 Å². The first-order valence-electron chi connectivity index (χ1n) is 10.9. The van der Waals surface area contributed by atoms with E-state index in [0.717, 1.165) is 22.2 Å². The maximum Gasteiger partial charge on any atom is 0.321 e. The lowest BCUT2D eigenvalue weighted by atomic mass is 9.90. The van der Waals surface area contributed by atoms with E-state index in [1.165, 1.54) is 0 Å². The average molecular weight is 441 g/mol. The Kier molecular flexibility index (Phi) is 5.52. The molecule has 0 saturated carbocycles. The molecule has 0 bridgehead atoms. The third-order valence-electron chi connectivity index (χ3n) is 5.72. The van der Waals surface area contributed by atoms with Gasteiger partial charge >= 0.3 is 5.97 Å². The van der Waals surface area contributed by atoms with Crippen molar-refractivity contribution in [2.75, 3.05) is 11.9 Å². The summed E-state index contributed by atoms with van der Waals surface area (Å²) in [4.78, 5) is 30.4. The topological polar surface area (TPSA) is 82.5 Å². The van der Waals surface area contributed by atoms with E-state index in [1.54, 1.807) is 6.92 Å². The van der Waals surface area contributed by atoms with Crippen LogP contribution in [-0.2, 0) is 20.9 Å². The molecule has 5 rings (SSSR count). The number of carbonyl (C=O) groups excluding carboxylic acids is 2. The summed E-state index contributed by atoms with van der Waals surface area (Å²) in [6.45, 7) is 2.37. The average Bonchev–Trinajstić information content (AvgIpc) is 3.21. The fourth-order valence-electron chi connectivity index (χ4n) is 4.21. The van der Waals surface area contributed by atoms with Crippen molar-refractivity contribution in [1.29, 1.82) is 0 Å². The van der Waals surface area contributed by atoms with Crippen LogP contribution in [0.2, 0.25) is 0 Å². The number of imidazole rings is 1. The predicted octanol–water partition coefficient (Wildman–Crippen LogP) is 4.34. The number of hydrogen-bond donors (Lipinski definition) is 1. The number of anilines is 1. The minimum absolute atomic E-state index is 0.194. The van der Waals surface area contributed by atoms with Crippen LogP contribution in [0, 0.1) is 5.92 Å². The van der Waals surface area contributed by atoms with Crippen LogP contribution in [0.25, 0.3) is 11.0 Å². The van der Waals surface area contributed by atoms with Crippen molar-refractivity contribution in [1.82, 2.24) is 9.55 Å². The van der Waals surface area contributed by atoms with Gasteiger partial charge in [-0.2, -0.15) is 0 Å². The van der Waals surface area contributed by atoms with Crippen molar-refractivity contribution in [3.05, 3.63) is 90.0 Å². The molecule has 166 valence electrons. The number of benzene rings is 3. The third-order valence-corrected chi connectivity index (χ3v) is 5.72. The van der Waals surface area contributed by atoms with E-state index in [2.05, 4.69) is 10.3 Å². The number of amides is 1. The van der Waals surface area contributed by atoms with Crippen molar-refractivity contribution in [3.63, 3.8) is 0 Å². The Morgan fingerprint density at radius 2 is 1.73 bits per heavy atom. The second kappa shape index (κ2) is 8.78. The summed E-state index contributed by atoms with van der Waals surface area (Å²) in [7, 11) is 0. The lowest BCUT2D eigenvalue weighted by Crippen LogP contribution is -2.43. The highest BCUT2D eigenvalue weighted by molar-refractivity contribution is 6.07. The first kappa shape index (κ1) is 20.8. The Morgan fingerprint density at radius 3 is 2.48 bits per heavy atom. The number of carbonyl (C=O) groups is 2. The molecule has 1 N–H and O–H groups in total. The Hall–Kier alpha value is -4.13. The Bertz CT molecular complexity index is 1300. The lowest BCUT2D eigenvalue weighted by Gasteiger charge is -2.32. The molecule has 0 aliphatic carbocycles. The molecule has 0 unspecified atom stereocenters. The molecule has 1 aliphatic rings. The highest BCUT2D eigenvalue weighted by Crippen LogP contribution is 2.39. The Balaban J connectivity index is 1.52. The predicted molar refractivity (Wildman–Crippen MR) is 124 cm³/mol. The summed E-state index contributed by atoms with van der Waals surface area (Å²) in [5, 5.41) is 2.78. The molecule has 2 heterocycles. The molecule has 7 nitrogen and oxygen atoms in total. The normalized spacial score (nSPS) is 17.3. The van der Waals surface area contributed by atoms with Gasteiger partial charge in [-0.3, -0.25) is 14.9 Å². The molecule has 1 amide bonds. The van der Waals surface area contributed by atoms with Gasteiger partial charge in [0.05, 0.1) is 23.7 Å². The maximum atomic E-state index is 13.0. The van der Waals surface area contributed by atoms with Crippen LogP contribution in [0.4, 0.5) is 5.95 Å². The summed E-state index contributed by atoms with van der Waals surface area (Å²) in [5.74, 6) is -0.910. The summed E-state index contributed by atoms with van der Waals surface area (Å²) in [5.41, 5.74) is 3.43. The van der Waals surface area contributed by atoms with Crippen LogP contribution in [0.3, 0.4) is 0 Å². The van der Waals surface area contributed by atoms with E-state index in [4.69, 9.17) is 9.47 Å².